The van der Waals surface area contributed by atoms with Gasteiger partial charge in [-0.2, -0.15) is 0 Å². The maximum Gasteiger partial charge on any atom is 0.241 e. The molecule has 92 valence electrons. The molecule has 0 radical (unpaired) electrons. The fraction of sp³-hybridized carbons (Fsp3) is 0.500. The van der Waals surface area contributed by atoms with Crippen molar-refractivity contribution in [3.05, 3.63) is 11.5 Å². The number of nitrogens with two attached hydrogens (primary N) is 1. The van der Waals surface area contributed by atoms with Crippen LogP contribution in [0.3, 0.4) is 0 Å². The summed E-state index contributed by atoms with van der Waals surface area (Å²) >= 11 is 5.84. The van der Waals surface area contributed by atoms with Gasteiger partial charge in [0.25, 0.3) is 0 Å². The van der Waals surface area contributed by atoms with Crippen molar-refractivity contribution in [3.63, 3.8) is 0 Å². The molecule has 1 aliphatic heterocycles. The second-order valence-electron chi connectivity index (χ2n) is 3.99. The van der Waals surface area contributed by atoms with Gasteiger partial charge >= 0.3 is 0 Å². The Bertz CT molecular complexity index is 439. The average Bonchev–Trinajstić information content (AvgIpc) is 2.46. The number of likely N-dealkylation sites (N-methyl/N-ethyl adjacent to an activating group) is 1. The van der Waals surface area contributed by atoms with Gasteiger partial charge in [-0.25, -0.2) is 9.97 Å². The fourth-order valence-corrected chi connectivity index (χ4v) is 1.91. The molecule has 1 saturated heterocycles. The zero-order valence-corrected chi connectivity index (χ0v) is 10.3. The van der Waals surface area contributed by atoms with E-state index in [1.165, 1.54) is 6.33 Å². The number of hydrogen-bond acceptors (Lipinski definition) is 5. The number of halogens is 1. The third-order valence-corrected chi connectivity index (χ3v) is 3.09. The summed E-state index contributed by atoms with van der Waals surface area (Å²) in [6.07, 6.45) is 2.23. The van der Waals surface area contributed by atoms with Crippen molar-refractivity contribution >= 4 is 29.0 Å². The van der Waals surface area contributed by atoms with Gasteiger partial charge in [-0.15, -0.1) is 0 Å². The molecular formula is C10H14ClN5O. The van der Waals surface area contributed by atoms with Gasteiger partial charge in [0.1, 0.15) is 12.0 Å². The fourth-order valence-electron chi connectivity index (χ4n) is 1.78. The van der Waals surface area contributed by atoms with Gasteiger partial charge in [0.05, 0.1) is 6.54 Å². The van der Waals surface area contributed by atoms with E-state index in [1.54, 1.807) is 11.9 Å². The lowest BCUT2D eigenvalue weighted by Crippen LogP contribution is -2.35. The molecule has 2 heterocycles. The molecule has 0 bridgehead atoms. The molecule has 1 aromatic heterocycles. The van der Waals surface area contributed by atoms with Crippen LogP contribution >= 0.6 is 11.6 Å². The summed E-state index contributed by atoms with van der Waals surface area (Å²) in [5.74, 6) is 0.588. The molecule has 0 unspecified atom stereocenters. The normalized spacial score (nSPS) is 17.2. The Morgan fingerprint density at radius 1 is 1.41 bits per heavy atom. The number of aromatic nitrogens is 2. The molecule has 0 saturated carbocycles. The molecule has 1 aliphatic rings. The van der Waals surface area contributed by atoms with Crippen LogP contribution in [0.4, 0.5) is 11.5 Å². The maximum absolute atomic E-state index is 11.8. The van der Waals surface area contributed by atoms with Gasteiger partial charge < -0.3 is 15.5 Å². The summed E-state index contributed by atoms with van der Waals surface area (Å²) in [5.41, 5.74) is 6.15. The second-order valence-corrected chi connectivity index (χ2v) is 4.35. The summed E-state index contributed by atoms with van der Waals surface area (Å²) in [5, 5.41) is 0.222. The third-order valence-electron chi connectivity index (χ3n) is 2.79. The van der Waals surface area contributed by atoms with Crippen molar-refractivity contribution in [3.8, 4) is 0 Å². The molecule has 0 aliphatic carbocycles. The smallest absolute Gasteiger partial charge is 0.241 e. The Morgan fingerprint density at radius 3 is 2.94 bits per heavy atom. The Balaban J connectivity index is 2.27. The van der Waals surface area contributed by atoms with E-state index in [4.69, 9.17) is 17.3 Å². The number of anilines is 2. The molecule has 1 aromatic rings. The zero-order valence-electron chi connectivity index (χ0n) is 9.56. The van der Waals surface area contributed by atoms with E-state index < -0.39 is 0 Å². The van der Waals surface area contributed by atoms with Gasteiger partial charge in [-0.3, -0.25) is 4.79 Å². The van der Waals surface area contributed by atoms with Crippen LogP contribution in [-0.4, -0.2) is 47.5 Å². The number of amides is 1. The standard InChI is InChI=1S/C10H14ClN5O/c1-15-3-2-4-16(5-7(15)17)10-8(12)9(11)13-6-14-10/h6H,2-5,12H2,1H3. The molecule has 0 atom stereocenters. The highest BCUT2D eigenvalue weighted by molar-refractivity contribution is 6.32. The largest absolute Gasteiger partial charge is 0.393 e. The second kappa shape index (κ2) is 4.75. The van der Waals surface area contributed by atoms with E-state index in [1.807, 2.05) is 4.90 Å². The maximum atomic E-state index is 11.8. The molecule has 1 amide bonds. The summed E-state index contributed by atoms with van der Waals surface area (Å²) < 4.78 is 0. The molecule has 2 N–H and O–H groups in total. The first-order valence-corrected chi connectivity index (χ1v) is 5.72. The van der Waals surface area contributed by atoms with E-state index in [0.717, 1.165) is 19.5 Å². The lowest BCUT2D eigenvalue weighted by Gasteiger charge is -2.21. The number of carbonyl (C=O) groups is 1. The van der Waals surface area contributed by atoms with Crippen molar-refractivity contribution in [1.29, 1.82) is 0 Å². The third kappa shape index (κ3) is 2.41. The van der Waals surface area contributed by atoms with Crippen molar-refractivity contribution in [2.24, 2.45) is 0 Å². The van der Waals surface area contributed by atoms with Gasteiger partial charge in [0.2, 0.25) is 5.91 Å². The SMILES string of the molecule is CN1CCCN(c2ncnc(Cl)c2N)CC1=O. The van der Waals surface area contributed by atoms with Crippen molar-refractivity contribution < 1.29 is 4.79 Å². The van der Waals surface area contributed by atoms with Crippen molar-refractivity contribution in [2.75, 3.05) is 37.3 Å². The topological polar surface area (TPSA) is 75.3 Å². The van der Waals surface area contributed by atoms with E-state index >= 15 is 0 Å². The van der Waals surface area contributed by atoms with Gasteiger partial charge in [0.15, 0.2) is 11.0 Å². The van der Waals surface area contributed by atoms with E-state index in [-0.39, 0.29) is 17.6 Å². The number of rotatable bonds is 1. The number of hydrogen-bond donors (Lipinski definition) is 1. The molecule has 0 spiro atoms. The highest BCUT2D eigenvalue weighted by Gasteiger charge is 2.22. The molecule has 0 aromatic carbocycles. The van der Waals surface area contributed by atoms with E-state index in [9.17, 15) is 4.79 Å². The zero-order chi connectivity index (χ0) is 12.4. The van der Waals surface area contributed by atoms with Gasteiger partial charge in [0, 0.05) is 20.1 Å². The van der Waals surface area contributed by atoms with Crippen LogP contribution in [0.1, 0.15) is 6.42 Å². The summed E-state index contributed by atoms with van der Waals surface area (Å²) in [6.45, 7) is 1.75. The first-order chi connectivity index (χ1) is 8.09. The lowest BCUT2D eigenvalue weighted by atomic mass is 10.3. The number of nitrogens with zero attached hydrogens (tertiary/aromatic N) is 4. The highest BCUT2D eigenvalue weighted by Crippen LogP contribution is 2.26. The molecule has 1 fully saturated rings. The minimum atomic E-state index is 0.0524. The van der Waals surface area contributed by atoms with Crippen molar-refractivity contribution in [1.82, 2.24) is 14.9 Å². The van der Waals surface area contributed by atoms with Crippen LogP contribution in [0.25, 0.3) is 0 Å². The monoisotopic (exact) mass is 255 g/mol. The Kier molecular flexibility index (Phi) is 3.33. The van der Waals surface area contributed by atoms with Crippen LogP contribution in [-0.2, 0) is 4.79 Å². The predicted molar refractivity (Wildman–Crippen MR) is 65.9 cm³/mol. The summed E-state index contributed by atoms with van der Waals surface area (Å²) in [4.78, 5) is 23.2. The first-order valence-electron chi connectivity index (χ1n) is 5.34. The Labute approximate surface area is 104 Å². The molecular weight excluding hydrogens is 242 g/mol. The minimum Gasteiger partial charge on any atom is -0.393 e. The van der Waals surface area contributed by atoms with Gasteiger partial charge in [-0.1, -0.05) is 11.6 Å². The molecule has 7 heteroatoms. The average molecular weight is 256 g/mol. The van der Waals surface area contributed by atoms with E-state index in [2.05, 4.69) is 9.97 Å². The number of nitrogen functional groups attached to an aromatic ring is 1. The van der Waals surface area contributed by atoms with Crippen LogP contribution in [0.2, 0.25) is 5.15 Å². The molecule has 2 rings (SSSR count). The molecule has 6 nitrogen and oxygen atoms in total. The quantitative estimate of drug-likeness (QED) is 0.735. The van der Waals surface area contributed by atoms with Crippen LogP contribution in [0.15, 0.2) is 6.33 Å². The van der Waals surface area contributed by atoms with E-state index in [0.29, 0.717) is 11.5 Å². The minimum absolute atomic E-state index is 0.0524. The summed E-state index contributed by atoms with van der Waals surface area (Å²) in [7, 11) is 1.79. The number of carbonyl (C=O) groups excluding carboxylic acids is 1. The first kappa shape index (κ1) is 11.9. The van der Waals surface area contributed by atoms with Gasteiger partial charge in [-0.05, 0) is 6.42 Å². The Hall–Kier alpha value is -1.56. The molecule has 17 heavy (non-hydrogen) atoms. The predicted octanol–water partition coefficient (Wildman–Crippen LogP) is 0.381. The van der Waals surface area contributed by atoms with Crippen LogP contribution < -0.4 is 10.6 Å². The van der Waals surface area contributed by atoms with Crippen LogP contribution in [0, 0.1) is 0 Å². The lowest BCUT2D eigenvalue weighted by molar-refractivity contribution is -0.127. The highest BCUT2D eigenvalue weighted by atomic mass is 35.5. The Morgan fingerprint density at radius 2 is 2.18 bits per heavy atom. The van der Waals surface area contributed by atoms with Crippen molar-refractivity contribution in [2.45, 2.75) is 6.42 Å². The summed E-state index contributed by atoms with van der Waals surface area (Å²) in [6, 6.07) is 0. The van der Waals surface area contributed by atoms with Crippen LogP contribution in [0.5, 0.6) is 0 Å².